The van der Waals surface area contributed by atoms with Crippen LogP contribution in [0, 0.1) is 17.8 Å². The van der Waals surface area contributed by atoms with E-state index in [4.69, 9.17) is 0 Å². The van der Waals surface area contributed by atoms with E-state index in [1.165, 1.54) is 0 Å². The van der Waals surface area contributed by atoms with Crippen LogP contribution in [-0.4, -0.2) is 17.0 Å². The second-order valence-electron chi connectivity index (χ2n) is 5.21. The molecule has 1 aliphatic carbocycles. The molecule has 1 aliphatic rings. The number of rotatable bonds is 4. The lowest BCUT2D eigenvalue weighted by molar-refractivity contribution is -0.130. The molecular formula is C13H24O2. The first-order chi connectivity index (χ1) is 7.06. The number of Topliss-reactive ketones (excluding diaryl/α,β-unsaturated/α-hetero) is 1. The lowest BCUT2D eigenvalue weighted by Gasteiger charge is -2.33. The maximum absolute atomic E-state index is 11.7. The molecule has 0 heterocycles. The predicted molar refractivity (Wildman–Crippen MR) is 61.6 cm³/mol. The Morgan fingerprint density at radius 1 is 1.47 bits per heavy atom. The van der Waals surface area contributed by atoms with Crippen molar-refractivity contribution in [1.82, 2.24) is 0 Å². The van der Waals surface area contributed by atoms with E-state index in [2.05, 4.69) is 20.8 Å². The van der Waals surface area contributed by atoms with Crippen molar-refractivity contribution in [3.8, 4) is 0 Å². The van der Waals surface area contributed by atoms with Crippen LogP contribution in [0.2, 0.25) is 0 Å². The molecule has 0 saturated heterocycles. The Morgan fingerprint density at radius 2 is 2.13 bits per heavy atom. The highest BCUT2D eigenvalue weighted by Gasteiger charge is 2.34. The van der Waals surface area contributed by atoms with Crippen LogP contribution >= 0.6 is 0 Å². The van der Waals surface area contributed by atoms with E-state index < -0.39 is 6.10 Å². The van der Waals surface area contributed by atoms with E-state index in [-0.39, 0.29) is 11.7 Å². The van der Waals surface area contributed by atoms with Gasteiger partial charge in [0, 0.05) is 12.3 Å². The molecule has 0 aromatic carbocycles. The molecule has 1 fully saturated rings. The van der Waals surface area contributed by atoms with Crippen molar-refractivity contribution in [2.75, 3.05) is 0 Å². The van der Waals surface area contributed by atoms with Gasteiger partial charge in [-0.25, -0.2) is 0 Å². The van der Waals surface area contributed by atoms with Crippen LogP contribution in [-0.2, 0) is 4.79 Å². The molecule has 0 radical (unpaired) electrons. The SMILES string of the molecule is CCCC(O)C1CC(C(C)C)CCC1=O. The Morgan fingerprint density at radius 3 is 2.67 bits per heavy atom. The van der Waals surface area contributed by atoms with Crippen LogP contribution in [0.3, 0.4) is 0 Å². The number of aliphatic hydroxyl groups is 1. The summed E-state index contributed by atoms with van der Waals surface area (Å²) in [4.78, 5) is 11.7. The second-order valence-corrected chi connectivity index (χ2v) is 5.21. The fraction of sp³-hybridized carbons (Fsp3) is 0.923. The van der Waals surface area contributed by atoms with Gasteiger partial charge in [0.15, 0.2) is 0 Å². The molecule has 1 rings (SSSR count). The smallest absolute Gasteiger partial charge is 0.138 e. The predicted octanol–water partition coefficient (Wildman–Crippen LogP) is 2.79. The highest BCUT2D eigenvalue weighted by Crippen LogP contribution is 2.34. The second kappa shape index (κ2) is 5.64. The van der Waals surface area contributed by atoms with Crippen LogP contribution in [0.5, 0.6) is 0 Å². The highest BCUT2D eigenvalue weighted by molar-refractivity contribution is 5.82. The van der Waals surface area contributed by atoms with Gasteiger partial charge in [0.1, 0.15) is 5.78 Å². The van der Waals surface area contributed by atoms with E-state index in [9.17, 15) is 9.90 Å². The normalized spacial score (nSPS) is 29.5. The molecule has 0 spiro atoms. The van der Waals surface area contributed by atoms with Crippen LogP contribution in [0.15, 0.2) is 0 Å². The van der Waals surface area contributed by atoms with Gasteiger partial charge >= 0.3 is 0 Å². The molecule has 0 aromatic rings. The third-order valence-corrected chi connectivity index (χ3v) is 3.72. The van der Waals surface area contributed by atoms with Gasteiger partial charge in [0.05, 0.1) is 6.10 Å². The standard InChI is InChI=1S/C13H24O2/c1-4-5-12(14)11-8-10(9(2)3)6-7-13(11)15/h9-12,14H,4-8H2,1-3H3. The van der Waals surface area contributed by atoms with E-state index in [0.29, 0.717) is 18.3 Å². The third-order valence-electron chi connectivity index (χ3n) is 3.72. The summed E-state index contributed by atoms with van der Waals surface area (Å²) in [5.74, 6) is 1.47. The van der Waals surface area contributed by atoms with Gasteiger partial charge in [-0.1, -0.05) is 27.2 Å². The molecule has 3 atom stereocenters. The summed E-state index contributed by atoms with van der Waals surface area (Å²) < 4.78 is 0. The third kappa shape index (κ3) is 3.30. The van der Waals surface area contributed by atoms with Gasteiger partial charge in [0.25, 0.3) is 0 Å². The number of hydrogen-bond acceptors (Lipinski definition) is 2. The van der Waals surface area contributed by atoms with Crippen LogP contribution < -0.4 is 0 Å². The Labute approximate surface area is 93.1 Å². The van der Waals surface area contributed by atoms with Crippen LogP contribution in [0.25, 0.3) is 0 Å². The van der Waals surface area contributed by atoms with Crippen molar-refractivity contribution in [2.45, 2.75) is 59.0 Å². The van der Waals surface area contributed by atoms with Gasteiger partial charge in [-0.05, 0) is 31.1 Å². The highest BCUT2D eigenvalue weighted by atomic mass is 16.3. The Balaban J connectivity index is 2.56. The molecule has 0 aromatic heterocycles. The monoisotopic (exact) mass is 212 g/mol. The minimum atomic E-state index is -0.399. The number of carbonyl (C=O) groups is 1. The van der Waals surface area contributed by atoms with Crippen LogP contribution in [0.4, 0.5) is 0 Å². The number of carbonyl (C=O) groups excluding carboxylic acids is 1. The van der Waals surface area contributed by atoms with Crippen LogP contribution in [0.1, 0.15) is 52.9 Å². The van der Waals surface area contributed by atoms with E-state index >= 15 is 0 Å². The summed E-state index contributed by atoms with van der Waals surface area (Å²) in [5, 5.41) is 9.92. The summed E-state index contributed by atoms with van der Waals surface area (Å²) in [6, 6.07) is 0. The molecule has 88 valence electrons. The zero-order chi connectivity index (χ0) is 11.4. The summed E-state index contributed by atoms with van der Waals surface area (Å²) in [6.07, 6.45) is 3.92. The minimum Gasteiger partial charge on any atom is -0.392 e. The first-order valence-electron chi connectivity index (χ1n) is 6.27. The van der Waals surface area contributed by atoms with Crippen molar-refractivity contribution in [3.05, 3.63) is 0 Å². The zero-order valence-corrected chi connectivity index (χ0v) is 10.2. The molecule has 2 heteroatoms. The fourth-order valence-corrected chi connectivity index (χ4v) is 2.56. The number of aliphatic hydroxyl groups excluding tert-OH is 1. The van der Waals surface area contributed by atoms with Gasteiger partial charge < -0.3 is 5.11 Å². The average Bonchev–Trinajstić information content (AvgIpc) is 2.18. The molecule has 0 amide bonds. The van der Waals surface area contributed by atoms with E-state index in [1.54, 1.807) is 0 Å². The first-order valence-corrected chi connectivity index (χ1v) is 6.27. The quantitative estimate of drug-likeness (QED) is 0.778. The van der Waals surface area contributed by atoms with E-state index in [1.807, 2.05) is 0 Å². The minimum absolute atomic E-state index is 0.0777. The molecule has 0 aliphatic heterocycles. The molecule has 3 unspecified atom stereocenters. The van der Waals surface area contributed by atoms with Crippen molar-refractivity contribution in [1.29, 1.82) is 0 Å². The lowest BCUT2D eigenvalue weighted by Crippen LogP contribution is -2.35. The summed E-state index contributed by atoms with van der Waals surface area (Å²) in [7, 11) is 0. The summed E-state index contributed by atoms with van der Waals surface area (Å²) >= 11 is 0. The molecule has 2 nitrogen and oxygen atoms in total. The molecular weight excluding hydrogens is 188 g/mol. The number of hydrogen-bond donors (Lipinski definition) is 1. The molecule has 0 bridgehead atoms. The van der Waals surface area contributed by atoms with Crippen molar-refractivity contribution >= 4 is 5.78 Å². The average molecular weight is 212 g/mol. The topological polar surface area (TPSA) is 37.3 Å². The molecule has 15 heavy (non-hydrogen) atoms. The maximum atomic E-state index is 11.7. The number of ketones is 1. The van der Waals surface area contributed by atoms with Gasteiger partial charge in [-0.15, -0.1) is 0 Å². The van der Waals surface area contributed by atoms with Gasteiger partial charge in [-0.2, -0.15) is 0 Å². The maximum Gasteiger partial charge on any atom is 0.138 e. The summed E-state index contributed by atoms with van der Waals surface area (Å²) in [5.41, 5.74) is 0. The largest absolute Gasteiger partial charge is 0.392 e. The molecule has 1 saturated carbocycles. The van der Waals surface area contributed by atoms with Crippen molar-refractivity contribution < 1.29 is 9.90 Å². The van der Waals surface area contributed by atoms with Gasteiger partial charge in [-0.3, -0.25) is 4.79 Å². The van der Waals surface area contributed by atoms with Gasteiger partial charge in [0.2, 0.25) is 0 Å². The Bertz CT molecular complexity index is 211. The lowest BCUT2D eigenvalue weighted by atomic mass is 9.73. The van der Waals surface area contributed by atoms with Crippen molar-refractivity contribution in [2.24, 2.45) is 17.8 Å². The fourth-order valence-electron chi connectivity index (χ4n) is 2.56. The van der Waals surface area contributed by atoms with E-state index in [0.717, 1.165) is 25.7 Å². The molecule has 1 N–H and O–H groups in total. The first kappa shape index (κ1) is 12.7. The Kier molecular flexibility index (Phi) is 4.78. The Hall–Kier alpha value is -0.370. The van der Waals surface area contributed by atoms with Crippen molar-refractivity contribution in [3.63, 3.8) is 0 Å². The zero-order valence-electron chi connectivity index (χ0n) is 10.2. The summed E-state index contributed by atoms with van der Waals surface area (Å²) in [6.45, 7) is 6.48.